The summed E-state index contributed by atoms with van der Waals surface area (Å²) in [4.78, 5) is 42.0. The minimum atomic E-state index is -0.562. The van der Waals surface area contributed by atoms with Gasteiger partial charge in [-0.2, -0.15) is 0 Å². The molecule has 1 aromatic rings. The van der Waals surface area contributed by atoms with Crippen LogP contribution >= 0.6 is 0 Å². The van der Waals surface area contributed by atoms with Gasteiger partial charge in [0, 0.05) is 31.9 Å². The van der Waals surface area contributed by atoms with Crippen molar-refractivity contribution in [3.8, 4) is 0 Å². The fourth-order valence-corrected chi connectivity index (χ4v) is 3.86. The highest BCUT2D eigenvalue weighted by molar-refractivity contribution is 6.01. The molecule has 0 bridgehead atoms. The highest BCUT2D eigenvalue weighted by Crippen LogP contribution is 2.27. The summed E-state index contributed by atoms with van der Waals surface area (Å²) in [5.74, 6) is -0.542. The molecule has 142 valence electrons. The van der Waals surface area contributed by atoms with Crippen LogP contribution in [0.1, 0.15) is 51.9 Å². The molecule has 1 aromatic heterocycles. The van der Waals surface area contributed by atoms with Gasteiger partial charge in [0.25, 0.3) is 5.91 Å². The Balaban J connectivity index is 1.75. The maximum atomic E-state index is 13.0. The van der Waals surface area contributed by atoms with Crippen molar-refractivity contribution in [1.82, 2.24) is 20.5 Å². The van der Waals surface area contributed by atoms with Gasteiger partial charge in [-0.1, -0.05) is 0 Å². The van der Waals surface area contributed by atoms with Crippen LogP contribution in [0.5, 0.6) is 0 Å². The second kappa shape index (κ2) is 7.11. The van der Waals surface area contributed by atoms with Gasteiger partial charge in [0.05, 0.1) is 12.2 Å². The lowest BCUT2D eigenvalue weighted by molar-refractivity contribution is -0.131. The molecule has 0 aliphatic carbocycles. The molecule has 2 saturated heterocycles. The number of esters is 1. The zero-order valence-corrected chi connectivity index (χ0v) is 15.5. The van der Waals surface area contributed by atoms with Crippen molar-refractivity contribution in [2.24, 2.45) is 0 Å². The van der Waals surface area contributed by atoms with Crippen LogP contribution < -0.4 is 10.6 Å². The Hall–Kier alpha value is -2.35. The molecule has 3 heterocycles. The summed E-state index contributed by atoms with van der Waals surface area (Å²) < 4.78 is 5.04. The van der Waals surface area contributed by atoms with Crippen LogP contribution in [0.3, 0.4) is 0 Å². The number of piperidine rings is 1. The van der Waals surface area contributed by atoms with Crippen LogP contribution in [0, 0.1) is 13.8 Å². The summed E-state index contributed by atoms with van der Waals surface area (Å²) >= 11 is 0. The van der Waals surface area contributed by atoms with E-state index in [1.807, 2.05) is 0 Å². The molecule has 3 N–H and O–H groups in total. The van der Waals surface area contributed by atoms with Gasteiger partial charge in [-0.05, 0) is 39.2 Å². The molecule has 0 saturated carbocycles. The van der Waals surface area contributed by atoms with Gasteiger partial charge in [0.15, 0.2) is 0 Å². The third-order valence-electron chi connectivity index (χ3n) is 5.34. The molecule has 3 rings (SSSR count). The van der Waals surface area contributed by atoms with Crippen molar-refractivity contribution in [2.45, 2.75) is 39.2 Å². The summed E-state index contributed by atoms with van der Waals surface area (Å²) in [5, 5.41) is 6.22. The Labute approximate surface area is 152 Å². The van der Waals surface area contributed by atoms with Crippen LogP contribution in [0.25, 0.3) is 0 Å². The second-order valence-corrected chi connectivity index (χ2v) is 6.90. The number of nitrogens with zero attached hydrogens (tertiary/aromatic N) is 1. The number of nitrogens with one attached hydrogen (secondary N) is 3. The van der Waals surface area contributed by atoms with Crippen LogP contribution in [0.2, 0.25) is 0 Å². The fraction of sp³-hybridized carbons (Fsp3) is 0.611. The molecule has 2 aliphatic rings. The van der Waals surface area contributed by atoms with E-state index in [4.69, 9.17) is 4.74 Å². The molecule has 8 heteroatoms. The molecule has 0 atom stereocenters. The summed E-state index contributed by atoms with van der Waals surface area (Å²) in [5.41, 5.74) is 1.55. The number of hydrogen-bond donors (Lipinski definition) is 3. The fourth-order valence-electron chi connectivity index (χ4n) is 3.86. The quantitative estimate of drug-likeness (QED) is 0.680. The molecular weight excluding hydrogens is 336 g/mol. The van der Waals surface area contributed by atoms with Gasteiger partial charge in [0.2, 0.25) is 5.91 Å². The Bertz CT molecular complexity index is 732. The first-order valence-electron chi connectivity index (χ1n) is 9.08. The number of H-pyrrole nitrogens is 1. The van der Waals surface area contributed by atoms with Gasteiger partial charge in [-0.15, -0.1) is 0 Å². The van der Waals surface area contributed by atoms with E-state index in [0.29, 0.717) is 55.0 Å². The molecule has 2 fully saturated rings. The first-order chi connectivity index (χ1) is 12.4. The van der Waals surface area contributed by atoms with E-state index in [-0.39, 0.29) is 18.4 Å². The zero-order valence-electron chi connectivity index (χ0n) is 15.5. The third kappa shape index (κ3) is 3.09. The highest BCUT2D eigenvalue weighted by atomic mass is 16.5. The van der Waals surface area contributed by atoms with Crippen LogP contribution in [-0.2, 0) is 9.53 Å². The molecule has 2 amide bonds. The van der Waals surface area contributed by atoms with Gasteiger partial charge < -0.3 is 25.3 Å². The first-order valence-corrected chi connectivity index (χ1v) is 9.08. The Morgan fingerprint density at radius 1 is 1.19 bits per heavy atom. The van der Waals surface area contributed by atoms with E-state index in [0.717, 1.165) is 6.54 Å². The lowest BCUT2D eigenvalue weighted by Gasteiger charge is -2.43. The van der Waals surface area contributed by atoms with Crippen LogP contribution in [0.15, 0.2) is 0 Å². The smallest absolute Gasteiger partial charge is 0.355 e. The molecule has 0 unspecified atom stereocenters. The predicted molar refractivity (Wildman–Crippen MR) is 95.1 cm³/mol. The van der Waals surface area contributed by atoms with Crippen molar-refractivity contribution in [1.29, 1.82) is 0 Å². The summed E-state index contributed by atoms with van der Waals surface area (Å²) in [6, 6.07) is 0. The number of aryl methyl sites for hydroxylation is 1. The molecular formula is C18H26N4O4. The SMILES string of the molecule is CCOC(=O)c1[nH]c(C)c(C(=O)N2CCC3(CC2)NCCNC3=O)c1C. The molecule has 0 radical (unpaired) electrons. The highest BCUT2D eigenvalue weighted by Gasteiger charge is 2.43. The Morgan fingerprint density at radius 2 is 1.88 bits per heavy atom. The number of aromatic nitrogens is 1. The monoisotopic (exact) mass is 362 g/mol. The van der Waals surface area contributed by atoms with E-state index >= 15 is 0 Å². The largest absolute Gasteiger partial charge is 0.461 e. The predicted octanol–water partition coefficient (Wildman–Crippen LogP) is 0.502. The topological polar surface area (TPSA) is 104 Å². The van der Waals surface area contributed by atoms with E-state index < -0.39 is 11.5 Å². The number of ether oxygens (including phenoxy) is 1. The number of carbonyl (C=O) groups excluding carboxylic acids is 3. The van der Waals surface area contributed by atoms with Crippen molar-refractivity contribution >= 4 is 17.8 Å². The molecule has 2 aliphatic heterocycles. The number of amides is 2. The van der Waals surface area contributed by atoms with Crippen molar-refractivity contribution in [3.63, 3.8) is 0 Å². The minimum absolute atomic E-state index is 0.0226. The number of rotatable bonds is 3. The van der Waals surface area contributed by atoms with E-state index in [1.165, 1.54) is 0 Å². The molecule has 0 aromatic carbocycles. The minimum Gasteiger partial charge on any atom is -0.461 e. The lowest BCUT2D eigenvalue weighted by atomic mass is 9.85. The summed E-state index contributed by atoms with van der Waals surface area (Å²) in [6.45, 7) is 7.95. The number of piperazine rings is 1. The van der Waals surface area contributed by atoms with Crippen LogP contribution in [0.4, 0.5) is 0 Å². The maximum absolute atomic E-state index is 13.0. The van der Waals surface area contributed by atoms with Crippen molar-refractivity contribution in [2.75, 3.05) is 32.8 Å². The summed E-state index contributed by atoms with van der Waals surface area (Å²) in [7, 11) is 0. The maximum Gasteiger partial charge on any atom is 0.355 e. The number of carbonyl (C=O) groups is 3. The standard InChI is InChI=1S/C18H26N4O4/c1-4-26-16(24)14-11(2)13(12(3)21-14)15(23)22-9-5-18(6-10-22)17(25)19-7-8-20-18/h20-21H,4-10H2,1-3H3,(H,19,25). The van der Waals surface area contributed by atoms with E-state index in [9.17, 15) is 14.4 Å². The normalized spacial score (nSPS) is 19.3. The van der Waals surface area contributed by atoms with Gasteiger partial charge in [-0.25, -0.2) is 4.79 Å². The van der Waals surface area contributed by atoms with Crippen LogP contribution in [-0.4, -0.2) is 66.0 Å². The zero-order chi connectivity index (χ0) is 18.9. The third-order valence-corrected chi connectivity index (χ3v) is 5.34. The molecule has 1 spiro atoms. The Morgan fingerprint density at radius 3 is 2.50 bits per heavy atom. The Kier molecular flexibility index (Phi) is 5.04. The average molecular weight is 362 g/mol. The average Bonchev–Trinajstić information content (AvgIpc) is 2.92. The number of aromatic amines is 1. The van der Waals surface area contributed by atoms with E-state index in [1.54, 1.807) is 25.7 Å². The summed E-state index contributed by atoms with van der Waals surface area (Å²) in [6.07, 6.45) is 1.16. The van der Waals surface area contributed by atoms with Gasteiger partial charge >= 0.3 is 5.97 Å². The van der Waals surface area contributed by atoms with Gasteiger partial charge in [-0.3, -0.25) is 9.59 Å². The van der Waals surface area contributed by atoms with Crippen molar-refractivity contribution in [3.05, 3.63) is 22.5 Å². The van der Waals surface area contributed by atoms with Gasteiger partial charge in [0.1, 0.15) is 11.2 Å². The first kappa shape index (κ1) is 18.4. The number of hydrogen-bond acceptors (Lipinski definition) is 5. The van der Waals surface area contributed by atoms with Crippen molar-refractivity contribution < 1.29 is 19.1 Å². The van der Waals surface area contributed by atoms with E-state index in [2.05, 4.69) is 15.6 Å². The molecule has 8 nitrogen and oxygen atoms in total. The number of likely N-dealkylation sites (tertiary alicyclic amines) is 1. The molecule has 26 heavy (non-hydrogen) atoms. The second-order valence-electron chi connectivity index (χ2n) is 6.90. The lowest BCUT2D eigenvalue weighted by Crippen LogP contribution is -2.66.